The second-order valence-corrected chi connectivity index (χ2v) is 13.6. The molecule has 7 nitrogen and oxygen atoms in total. The van der Waals surface area contributed by atoms with Crippen molar-refractivity contribution in [1.82, 2.24) is 0 Å². The van der Waals surface area contributed by atoms with Crippen molar-refractivity contribution in [3.8, 4) is 0 Å². The summed E-state index contributed by atoms with van der Waals surface area (Å²) in [5, 5.41) is 9.44. The molecular formula is C32H58O7. The lowest BCUT2D eigenvalue weighted by molar-refractivity contribution is -0.218. The zero-order valence-corrected chi connectivity index (χ0v) is 25.5. The molecule has 4 fully saturated rings. The van der Waals surface area contributed by atoms with Gasteiger partial charge < -0.3 is 33.5 Å². The van der Waals surface area contributed by atoms with Crippen LogP contribution in [0.2, 0.25) is 0 Å². The highest BCUT2D eigenvalue weighted by Gasteiger charge is 2.62. The van der Waals surface area contributed by atoms with E-state index in [4.69, 9.17) is 28.4 Å². The monoisotopic (exact) mass is 554 g/mol. The summed E-state index contributed by atoms with van der Waals surface area (Å²) in [6.07, 6.45) is 12.4. The fourth-order valence-electron chi connectivity index (χ4n) is 9.84. The molecule has 0 spiro atoms. The van der Waals surface area contributed by atoms with Crippen molar-refractivity contribution in [1.29, 1.82) is 0 Å². The summed E-state index contributed by atoms with van der Waals surface area (Å²) in [6.45, 7) is 11.0. The van der Waals surface area contributed by atoms with E-state index in [9.17, 15) is 5.11 Å². The molecule has 0 bridgehead atoms. The van der Waals surface area contributed by atoms with Crippen LogP contribution < -0.4 is 0 Å². The van der Waals surface area contributed by atoms with Crippen LogP contribution >= 0.6 is 0 Å². The van der Waals surface area contributed by atoms with Crippen LogP contribution in [0, 0.1) is 46.3 Å². The number of rotatable bonds is 16. The first-order valence-corrected chi connectivity index (χ1v) is 15.9. The third-order valence-electron chi connectivity index (χ3n) is 11.8. The first kappa shape index (κ1) is 31.7. The minimum atomic E-state index is 0.202. The molecule has 1 N–H and O–H groups in total. The van der Waals surface area contributed by atoms with Gasteiger partial charge in [-0.2, -0.15) is 0 Å². The maximum absolute atomic E-state index is 9.44. The Morgan fingerprint density at radius 3 is 2.13 bits per heavy atom. The van der Waals surface area contributed by atoms with E-state index in [1.54, 1.807) is 14.2 Å². The molecule has 0 heterocycles. The molecule has 0 aromatic heterocycles. The van der Waals surface area contributed by atoms with Crippen LogP contribution in [-0.4, -0.2) is 78.2 Å². The predicted molar refractivity (Wildman–Crippen MR) is 151 cm³/mol. The van der Waals surface area contributed by atoms with E-state index in [1.165, 1.54) is 32.1 Å². The Morgan fingerprint density at radius 1 is 0.769 bits per heavy atom. The van der Waals surface area contributed by atoms with Gasteiger partial charge in [0.15, 0.2) is 0 Å². The van der Waals surface area contributed by atoms with Crippen LogP contribution in [0.3, 0.4) is 0 Å². The van der Waals surface area contributed by atoms with E-state index in [1.807, 2.05) is 0 Å². The molecule has 39 heavy (non-hydrogen) atoms. The number of aliphatic hydroxyl groups excluding tert-OH is 1. The lowest BCUT2D eigenvalue weighted by Gasteiger charge is -2.63. The molecule has 0 unspecified atom stereocenters. The van der Waals surface area contributed by atoms with Crippen LogP contribution in [0.5, 0.6) is 0 Å². The van der Waals surface area contributed by atoms with Crippen molar-refractivity contribution < 1.29 is 33.5 Å². The van der Waals surface area contributed by atoms with Gasteiger partial charge in [0.1, 0.15) is 13.6 Å². The summed E-state index contributed by atoms with van der Waals surface area (Å²) in [4.78, 5) is 0. The molecular weight excluding hydrogens is 496 g/mol. The zero-order chi connectivity index (χ0) is 27.9. The normalized spacial score (nSPS) is 40.6. The SMILES string of the molecule is COCCOCO[C@@H]1CC[C@]2(C)[C@H]3CC[C@]4(C)[C@@H]([C@H](C)CCCO)CC[C@H]4[C@@H]3C[C@H](OCOCCOC)[C@@H]2C1. The number of aliphatic hydroxyl groups is 1. The third kappa shape index (κ3) is 7.03. The van der Waals surface area contributed by atoms with Gasteiger partial charge in [0.2, 0.25) is 0 Å². The Balaban J connectivity index is 1.47. The summed E-state index contributed by atoms with van der Waals surface area (Å²) in [5.74, 6) is 4.21. The molecule has 0 radical (unpaired) electrons. The molecule has 0 aromatic rings. The predicted octanol–water partition coefficient (Wildman–Crippen LogP) is 5.68. The average Bonchev–Trinajstić information content (AvgIpc) is 3.29. The highest BCUT2D eigenvalue weighted by atomic mass is 16.7. The maximum atomic E-state index is 9.44. The van der Waals surface area contributed by atoms with Gasteiger partial charge in [0, 0.05) is 20.8 Å². The standard InChI is InChI=1S/C32H58O7/c1-23(7-6-14-33)26-8-9-27-25-20-30(39-22-37-18-16-35-5)29-19-24(38-21-36-17-15-34-4)10-12-32(29,3)28(25)11-13-31(26,27)2/h23-30,33H,6-22H2,1-5H3/t23-,24-,25+,26-,27+,28+,29+,30+,31-,32-/m1/s1. The van der Waals surface area contributed by atoms with Gasteiger partial charge in [-0.3, -0.25) is 0 Å². The molecule has 0 amide bonds. The first-order valence-electron chi connectivity index (χ1n) is 15.9. The van der Waals surface area contributed by atoms with Crippen LogP contribution in [-0.2, 0) is 28.4 Å². The second kappa shape index (κ2) is 14.8. The summed E-state index contributed by atoms with van der Waals surface area (Å²) in [5.41, 5.74) is 0.692. The Labute approximate surface area is 238 Å². The summed E-state index contributed by atoms with van der Waals surface area (Å²) < 4.78 is 34.6. The zero-order valence-electron chi connectivity index (χ0n) is 25.5. The van der Waals surface area contributed by atoms with Crippen molar-refractivity contribution in [2.45, 2.75) is 97.2 Å². The van der Waals surface area contributed by atoms with Gasteiger partial charge in [-0.15, -0.1) is 0 Å². The third-order valence-corrected chi connectivity index (χ3v) is 11.8. The number of fused-ring (bicyclic) bond motifs is 5. The van der Waals surface area contributed by atoms with E-state index in [-0.39, 0.29) is 17.6 Å². The minimum Gasteiger partial charge on any atom is -0.396 e. The average molecular weight is 555 g/mol. The van der Waals surface area contributed by atoms with Crippen LogP contribution in [0.15, 0.2) is 0 Å². The van der Waals surface area contributed by atoms with Crippen molar-refractivity contribution >= 4 is 0 Å². The molecule has 4 rings (SSSR count). The van der Waals surface area contributed by atoms with E-state index >= 15 is 0 Å². The van der Waals surface area contributed by atoms with E-state index < -0.39 is 0 Å². The fraction of sp³-hybridized carbons (Fsp3) is 1.00. The van der Waals surface area contributed by atoms with Gasteiger partial charge in [-0.25, -0.2) is 0 Å². The molecule has 0 aliphatic heterocycles. The molecule has 10 atom stereocenters. The van der Waals surface area contributed by atoms with Crippen molar-refractivity contribution in [3.63, 3.8) is 0 Å². The van der Waals surface area contributed by atoms with E-state index in [0.29, 0.717) is 63.9 Å². The maximum Gasteiger partial charge on any atom is 0.147 e. The van der Waals surface area contributed by atoms with Crippen molar-refractivity contribution in [3.05, 3.63) is 0 Å². The smallest absolute Gasteiger partial charge is 0.147 e. The van der Waals surface area contributed by atoms with Gasteiger partial charge in [-0.1, -0.05) is 20.8 Å². The summed E-state index contributed by atoms with van der Waals surface area (Å²) >= 11 is 0. The van der Waals surface area contributed by atoms with Crippen LogP contribution in [0.1, 0.15) is 85.0 Å². The first-order chi connectivity index (χ1) is 18.9. The van der Waals surface area contributed by atoms with Gasteiger partial charge >= 0.3 is 0 Å². The quantitative estimate of drug-likeness (QED) is 0.194. The number of hydrogen-bond acceptors (Lipinski definition) is 7. The van der Waals surface area contributed by atoms with Crippen LogP contribution in [0.4, 0.5) is 0 Å². The summed E-state index contributed by atoms with van der Waals surface area (Å²) in [7, 11) is 3.40. The lowest BCUT2D eigenvalue weighted by atomic mass is 9.43. The molecule has 4 aliphatic rings. The molecule has 228 valence electrons. The van der Waals surface area contributed by atoms with E-state index in [2.05, 4.69) is 20.8 Å². The minimum absolute atomic E-state index is 0.202. The number of ether oxygens (including phenoxy) is 6. The largest absolute Gasteiger partial charge is 0.396 e. The van der Waals surface area contributed by atoms with Crippen molar-refractivity contribution in [2.75, 3.05) is 60.8 Å². The second-order valence-electron chi connectivity index (χ2n) is 13.6. The topological polar surface area (TPSA) is 75.6 Å². The van der Waals surface area contributed by atoms with Gasteiger partial charge in [0.05, 0.1) is 38.6 Å². The Hall–Kier alpha value is -0.280. The number of hydrogen-bond donors (Lipinski definition) is 1. The molecule has 7 heteroatoms. The fourth-order valence-corrected chi connectivity index (χ4v) is 9.84. The highest BCUT2D eigenvalue weighted by molar-refractivity contribution is 5.11. The highest BCUT2D eigenvalue weighted by Crippen LogP contribution is 2.68. The molecule has 4 saturated carbocycles. The van der Waals surface area contributed by atoms with Crippen molar-refractivity contribution in [2.24, 2.45) is 46.3 Å². The number of methoxy groups -OCH3 is 2. The summed E-state index contributed by atoms with van der Waals surface area (Å²) in [6, 6.07) is 0. The molecule has 0 aromatic carbocycles. The van der Waals surface area contributed by atoms with E-state index in [0.717, 1.165) is 55.8 Å². The lowest BCUT2D eigenvalue weighted by Crippen LogP contribution is -2.59. The van der Waals surface area contributed by atoms with Crippen LogP contribution in [0.25, 0.3) is 0 Å². The van der Waals surface area contributed by atoms with Gasteiger partial charge in [0.25, 0.3) is 0 Å². The Kier molecular flexibility index (Phi) is 12.0. The van der Waals surface area contributed by atoms with Gasteiger partial charge in [-0.05, 0) is 111 Å². The molecule has 0 saturated heterocycles. The Bertz CT molecular complexity index is 721. The Morgan fingerprint density at radius 2 is 1.44 bits per heavy atom. The molecule has 4 aliphatic carbocycles.